The van der Waals surface area contributed by atoms with Crippen molar-refractivity contribution in [1.29, 1.82) is 0 Å². The molecule has 2 rings (SSSR count). The molecule has 124 valence electrons. The third-order valence-corrected chi connectivity index (χ3v) is 4.33. The molecule has 5 nitrogen and oxygen atoms in total. The van der Waals surface area contributed by atoms with Gasteiger partial charge in [-0.25, -0.2) is 8.42 Å². The zero-order valence-electron chi connectivity index (χ0n) is 13.5. The van der Waals surface area contributed by atoms with E-state index in [-0.39, 0.29) is 29.2 Å². The van der Waals surface area contributed by atoms with Crippen LogP contribution >= 0.6 is 0 Å². The zero-order chi connectivity index (χ0) is 17.0. The van der Waals surface area contributed by atoms with Gasteiger partial charge in [0.1, 0.15) is 11.5 Å². The van der Waals surface area contributed by atoms with Crippen LogP contribution < -0.4 is 5.32 Å². The molecule has 0 saturated carbocycles. The number of carbonyl (C=O) groups is 1. The van der Waals surface area contributed by atoms with Crippen LogP contribution in [0.5, 0.6) is 0 Å². The summed E-state index contributed by atoms with van der Waals surface area (Å²) in [6.45, 7) is 3.98. The second-order valence-corrected chi connectivity index (χ2v) is 7.77. The number of benzene rings is 1. The van der Waals surface area contributed by atoms with Gasteiger partial charge in [-0.2, -0.15) is 0 Å². The van der Waals surface area contributed by atoms with Gasteiger partial charge in [0.25, 0.3) is 5.91 Å². The molecule has 0 radical (unpaired) electrons. The number of sulfone groups is 1. The Morgan fingerprint density at radius 3 is 2.39 bits per heavy atom. The predicted molar refractivity (Wildman–Crippen MR) is 89.0 cm³/mol. The Balaban J connectivity index is 2.03. The summed E-state index contributed by atoms with van der Waals surface area (Å²) < 4.78 is 27.8. The van der Waals surface area contributed by atoms with Gasteiger partial charge in [-0.1, -0.05) is 31.2 Å². The first-order valence-electron chi connectivity index (χ1n) is 7.44. The van der Waals surface area contributed by atoms with E-state index in [9.17, 15) is 13.2 Å². The highest BCUT2D eigenvalue weighted by Crippen LogP contribution is 2.16. The molecule has 1 heterocycles. The molecule has 1 N–H and O–H groups in total. The quantitative estimate of drug-likeness (QED) is 0.880. The average Bonchev–Trinajstić information content (AvgIpc) is 2.93. The van der Waals surface area contributed by atoms with Crippen LogP contribution in [-0.2, 0) is 22.0 Å². The van der Waals surface area contributed by atoms with E-state index >= 15 is 0 Å². The van der Waals surface area contributed by atoms with E-state index < -0.39 is 9.84 Å². The molecular weight excluding hydrogens is 314 g/mol. The smallest absolute Gasteiger partial charge is 0.287 e. The summed E-state index contributed by atoms with van der Waals surface area (Å²) in [5.74, 6) is -0.205. The molecule has 0 bridgehead atoms. The van der Waals surface area contributed by atoms with Gasteiger partial charge in [0.15, 0.2) is 15.6 Å². The largest absolute Gasteiger partial charge is 0.455 e. The first-order valence-corrected chi connectivity index (χ1v) is 9.50. The van der Waals surface area contributed by atoms with Crippen LogP contribution in [0.25, 0.3) is 0 Å². The molecule has 0 fully saturated rings. The van der Waals surface area contributed by atoms with Gasteiger partial charge in [-0.05, 0) is 36.6 Å². The summed E-state index contributed by atoms with van der Waals surface area (Å²) >= 11 is 0. The number of nitrogens with one attached hydrogen (secondary N) is 1. The molecule has 1 atom stereocenters. The van der Waals surface area contributed by atoms with Gasteiger partial charge >= 0.3 is 0 Å². The number of aryl methyl sites for hydroxylation is 1. The van der Waals surface area contributed by atoms with E-state index in [0.29, 0.717) is 0 Å². The Bertz CT molecular complexity index is 775. The minimum atomic E-state index is -3.19. The molecule has 6 heteroatoms. The molecule has 0 saturated heterocycles. The van der Waals surface area contributed by atoms with Crippen LogP contribution in [0.3, 0.4) is 0 Å². The van der Waals surface area contributed by atoms with Crippen molar-refractivity contribution < 1.29 is 17.6 Å². The fourth-order valence-corrected chi connectivity index (χ4v) is 2.90. The first kappa shape index (κ1) is 17.3. The summed E-state index contributed by atoms with van der Waals surface area (Å²) in [4.78, 5) is 12.2. The molecule has 1 amide bonds. The predicted octanol–water partition coefficient (Wildman–Crippen LogP) is 2.88. The standard InChI is InChI=1S/C17H21NO4S/c1-4-13-5-7-14(8-6-13)12(2)18-17(19)16-10-9-15(22-16)11-23(3,20)21/h5-10,12H,4,11H2,1-3H3,(H,18,19)/t12-/m1/s1. The molecule has 0 aliphatic carbocycles. The van der Waals surface area contributed by atoms with E-state index in [1.165, 1.54) is 17.7 Å². The highest BCUT2D eigenvalue weighted by molar-refractivity contribution is 7.89. The molecule has 23 heavy (non-hydrogen) atoms. The summed E-state index contributed by atoms with van der Waals surface area (Å²) in [6.07, 6.45) is 2.09. The molecular formula is C17H21NO4S. The van der Waals surface area contributed by atoms with Crippen LogP contribution in [-0.4, -0.2) is 20.6 Å². The third kappa shape index (κ3) is 4.96. The van der Waals surface area contributed by atoms with Crippen molar-refractivity contribution in [3.8, 4) is 0 Å². The highest BCUT2D eigenvalue weighted by atomic mass is 32.2. The third-order valence-electron chi connectivity index (χ3n) is 3.53. The lowest BCUT2D eigenvalue weighted by Gasteiger charge is -2.13. The number of hydrogen-bond acceptors (Lipinski definition) is 4. The SMILES string of the molecule is CCc1ccc([C@@H](C)NC(=O)c2ccc(CS(C)(=O)=O)o2)cc1. The van der Waals surface area contributed by atoms with Gasteiger partial charge in [0, 0.05) is 6.26 Å². The van der Waals surface area contributed by atoms with E-state index in [1.54, 1.807) is 0 Å². The van der Waals surface area contributed by atoms with Gasteiger partial charge in [0.05, 0.1) is 6.04 Å². The number of rotatable bonds is 6. The topological polar surface area (TPSA) is 76.4 Å². The molecule has 0 spiro atoms. The monoisotopic (exact) mass is 335 g/mol. The Kier molecular flexibility index (Phi) is 5.26. The Morgan fingerprint density at radius 1 is 1.17 bits per heavy atom. The number of amides is 1. The number of furan rings is 1. The lowest BCUT2D eigenvalue weighted by Crippen LogP contribution is -2.26. The van der Waals surface area contributed by atoms with Crippen molar-refractivity contribution in [3.63, 3.8) is 0 Å². The maximum Gasteiger partial charge on any atom is 0.287 e. The molecule has 2 aromatic rings. The van der Waals surface area contributed by atoms with Crippen molar-refractivity contribution in [2.24, 2.45) is 0 Å². The molecule has 1 aromatic carbocycles. The fourth-order valence-electron chi connectivity index (χ4n) is 2.23. The van der Waals surface area contributed by atoms with Gasteiger partial charge < -0.3 is 9.73 Å². The van der Waals surface area contributed by atoms with Crippen molar-refractivity contribution in [3.05, 3.63) is 59.0 Å². The van der Waals surface area contributed by atoms with E-state index in [1.807, 2.05) is 31.2 Å². The Hall–Kier alpha value is -2.08. The maximum absolute atomic E-state index is 12.2. The zero-order valence-corrected chi connectivity index (χ0v) is 14.3. The summed E-state index contributed by atoms with van der Waals surface area (Å²) in [7, 11) is -3.19. The van der Waals surface area contributed by atoms with Crippen LogP contribution in [0.15, 0.2) is 40.8 Å². The van der Waals surface area contributed by atoms with Crippen LogP contribution in [0, 0.1) is 0 Å². The van der Waals surface area contributed by atoms with Crippen molar-refractivity contribution in [2.75, 3.05) is 6.26 Å². The number of carbonyl (C=O) groups excluding carboxylic acids is 1. The minimum absolute atomic E-state index is 0.112. The minimum Gasteiger partial charge on any atom is -0.455 e. The summed E-state index contributed by atoms with van der Waals surface area (Å²) in [5, 5.41) is 2.84. The molecule has 1 aromatic heterocycles. The molecule has 0 unspecified atom stereocenters. The summed E-state index contributed by atoms with van der Waals surface area (Å²) in [6, 6.07) is 10.9. The Morgan fingerprint density at radius 2 is 1.83 bits per heavy atom. The first-order chi connectivity index (χ1) is 10.8. The van der Waals surface area contributed by atoms with Crippen LogP contribution in [0.4, 0.5) is 0 Å². The van der Waals surface area contributed by atoms with Crippen molar-refractivity contribution in [2.45, 2.75) is 32.1 Å². The average molecular weight is 335 g/mol. The molecule has 0 aliphatic rings. The van der Waals surface area contributed by atoms with E-state index in [0.717, 1.165) is 18.2 Å². The van der Waals surface area contributed by atoms with E-state index in [2.05, 4.69) is 12.2 Å². The van der Waals surface area contributed by atoms with Gasteiger partial charge in [0.2, 0.25) is 0 Å². The van der Waals surface area contributed by atoms with E-state index in [4.69, 9.17) is 4.42 Å². The van der Waals surface area contributed by atoms with Crippen LogP contribution in [0.2, 0.25) is 0 Å². The normalized spacial score (nSPS) is 12.8. The lowest BCUT2D eigenvalue weighted by atomic mass is 10.0. The van der Waals surface area contributed by atoms with Gasteiger partial charge in [-0.15, -0.1) is 0 Å². The molecule has 0 aliphatic heterocycles. The van der Waals surface area contributed by atoms with Crippen molar-refractivity contribution in [1.82, 2.24) is 5.32 Å². The number of hydrogen-bond donors (Lipinski definition) is 1. The second kappa shape index (κ2) is 7.00. The second-order valence-electron chi connectivity index (χ2n) is 5.63. The highest BCUT2D eigenvalue weighted by Gasteiger charge is 2.16. The Labute approximate surface area is 136 Å². The van der Waals surface area contributed by atoms with Crippen LogP contribution in [0.1, 0.15) is 47.3 Å². The lowest BCUT2D eigenvalue weighted by molar-refractivity contribution is 0.0910. The maximum atomic E-state index is 12.2. The van der Waals surface area contributed by atoms with Crippen molar-refractivity contribution >= 4 is 15.7 Å². The fraction of sp³-hybridized carbons (Fsp3) is 0.353. The summed E-state index contributed by atoms with van der Waals surface area (Å²) in [5.41, 5.74) is 2.24. The van der Waals surface area contributed by atoms with Gasteiger partial charge in [-0.3, -0.25) is 4.79 Å².